The summed E-state index contributed by atoms with van der Waals surface area (Å²) < 4.78 is 6.48. The molecule has 0 amide bonds. The van der Waals surface area contributed by atoms with Gasteiger partial charge in [0.1, 0.15) is 0 Å². The van der Waals surface area contributed by atoms with Gasteiger partial charge in [0.2, 0.25) is 0 Å². The average molecular weight is 1170 g/mol. The van der Waals surface area contributed by atoms with E-state index in [1.54, 1.807) is 0 Å². The first-order valence-corrected chi connectivity index (χ1v) is 32.7. The topological polar surface area (TPSA) is 30.7 Å². The zero-order chi connectivity index (χ0) is 48.7. The van der Waals surface area contributed by atoms with Gasteiger partial charge in [-0.25, -0.2) is 0 Å². The number of pyridine rings is 1. The van der Waals surface area contributed by atoms with Crippen molar-refractivity contribution < 1.29 is 20.1 Å². The fraction of sp³-hybridized carbons (Fsp3) is 0.250. The van der Waals surface area contributed by atoms with Crippen molar-refractivity contribution in [3.05, 3.63) is 198 Å². The number of hydrogen-bond acceptors (Lipinski definition) is 3. The molecule has 0 aliphatic rings. The minimum absolute atomic E-state index is 0. The number of imidazole rings is 1. The predicted molar refractivity (Wildman–Crippen MR) is 301 cm³/mol. The van der Waals surface area contributed by atoms with Crippen molar-refractivity contribution in [3.63, 3.8) is 0 Å². The molecule has 0 bridgehead atoms. The molecule has 0 aliphatic carbocycles. The molecule has 7 aromatic carbocycles. The van der Waals surface area contributed by atoms with Gasteiger partial charge in [0.15, 0.2) is 0 Å². The standard InChI is InChI=1S/C40H37N2S.C24H28GeN.Ir/c1-39(2,3)28-20-19-27(33(23-28)26-13-8-7-9-14-26)25-42-35-18-11-10-17-34(35)41-38(42)32-16-12-15-31-30-22-21-29(40(4,5)6)24-36(30)43-37(31)32;1-18(2)14-22-16-24(26-17-23(22)25(3,4)5)21-13-9-12-20(15-21)19-10-7-6-8-11-19;/h7-15,17-24H,25H2,1-6H3;6-12,15-18H,14H2,1-5H3;/q2*-1;. The van der Waals surface area contributed by atoms with Crippen molar-refractivity contribution in [3.8, 4) is 44.9 Å². The molecule has 0 saturated carbocycles. The molecular weight excluding hydrogens is 1110 g/mol. The quantitative estimate of drug-likeness (QED) is 0.107. The summed E-state index contributed by atoms with van der Waals surface area (Å²) in [5.74, 6) is 8.95. The van der Waals surface area contributed by atoms with Crippen molar-refractivity contribution in [2.75, 3.05) is 0 Å². The maximum Gasteiger partial charge on any atom is 0 e. The number of para-hydroxylation sites is 2. The van der Waals surface area contributed by atoms with Gasteiger partial charge in [-0.2, -0.15) is 11.3 Å². The molecule has 357 valence electrons. The van der Waals surface area contributed by atoms with E-state index in [1.807, 2.05) is 17.4 Å². The summed E-state index contributed by atoms with van der Waals surface area (Å²) in [6.07, 6.45) is 3.27. The summed E-state index contributed by atoms with van der Waals surface area (Å²) in [6, 6.07) is 63.7. The second-order valence-corrected chi connectivity index (χ2v) is 33.7. The predicted octanol–water partition coefficient (Wildman–Crippen LogP) is 17.1. The Labute approximate surface area is 437 Å². The van der Waals surface area contributed by atoms with E-state index in [0.29, 0.717) is 12.5 Å². The van der Waals surface area contributed by atoms with E-state index in [-0.39, 0.29) is 30.9 Å². The Balaban J connectivity index is 0.000000210. The minimum Gasteiger partial charge on any atom is 0 e. The average Bonchev–Trinajstić information content (AvgIpc) is 3.89. The van der Waals surface area contributed by atoms with Crippen molar-refractivity contribution in [1.82, 2.24) is 14.5 Å². The Kier molecular flexibility index (Phi) is 15.1. The zero-order valence-electron chi connectivity index (χ0n) is 42.7. The van der Waals surface area contributed by atoms with Crippen LogP contribution < -0.4 is 4.40 Å². The number of hydrogen-bond donors (Lipinski definition) is 0. The van der Waals surface area contributed by atoms with Crippen LogP contribution in [0.5, 0.6) is 0 Å². The molecule has 0 spiro atoms. The number of rotatable bonds is 9. The van der Waals surface area contributed by atoms with Crippen molar-refractivity contribution in [2.24, 2.45) is 5.92 Å². The van der Waals surface area contributed by atoms with E-state index in [2.05, 4.69) is 247 Å². The summed E-state index contributed by atoms with van der Waals surface area (Å²) in [4.78, 5) is 10.1. The summed E-state index contributed by atoms with van der Waals surface area (Å²) in [7, 11) is 0. The Bertz CT molecular complexity index is 3420. The molecule has 70 heavy (non-hydrogen) atoms. The molecule has 10 aromatic rings. The fourth-order valence-electron chi connectivity index (χ4n) is 9.39. The van der Waals surface area contributed by atoms with Crippen LogP contribution >= 0.6 is 11.3 Å². The third-order valence-corrected chi connectivity index (χ3v) is 18.7. The van der Waals surface area contributed by atoms with Crippen molar-refractivity contribution in [1.29, 1.82) is 0 Å². The molecule has 0 N–H and O–H groups in total. The zero-order valence-corrected chi connectivity index (χ0v) is 48.0. The van der Waals surface area contributed by atoms with Gasteiger partial charge in [-0.3, -0.25) is 4.98 Å². The van der Waals surface area contributed by atoms with Crippen LogP contribution in [-0.2, 0) is 43.9 Å². The maximum absolute atomic E-state index is 5.25. The first-order chi connectivity index (χ1) is 32.9. The minimum atomic E-state index is -1.93. The van der Waals surface area contributed by atoms with E-state index in [9.17, 15) is 0 Å². The summed E-state index contributed by atoms with van der Waals surface area (Å²) in [5.41, 5.74) is 15.9. The third kappa shape index (κ3) is 11.0. The molecule has 0 unspecified atom stereocenters. The third-order valence-electron chi connectivity index (χ3n) is 13.2. The van der Waals surface area contributed by atoms with Crippen LogP contribution in [0.3, 0.4) is 0 Å². The van der Waals surface area contributed by atoms with Crippen molar-refractivity contribution in [2.45, 2.75) is 96.5 Å². The monoisotopic (exact) mass is 1170 g/mol. The van der Waals surface area contributed by atoms with Crippen LogP contribution in [0.25, 0.3) is 76.1 Å². The smallest absolute Gasteiger partial charge is 0 e. The van der Waals surface area contributed by atoms with Crippen LogP contribution in [0.1, 0.15) is 77.6 Å². The normalized spacial score (nSPS) is 12.1. The molecule has 0 aliphatic heterocycles. The summed E-state index contributed by atoms with van der Waals surface area (Å²) in [5, 5.41) is 2.57. The largest absolute Gasteiger partial charge is 0 e. The van der Waals surface area contributed by atoms with Crippen molar-refractivity contribution >= 4 is 60.2 Å². The fourth-order valence-corrected chi connectivity index (χ4v) is 14.0. The number of benzene rings is 7. The Hall–Kier alpha value is -5.43. The number of fused-ring (bicyclic) bond motifs is 4. The Morgan fingerprint density at radius 2 is 1.27 bits per heavy atom. The van der Waals surface area contributed by atoms with Crippen LogP contribution in [-0.4, -0.2) is 27.8 Å². The van der Waals surface area contributed by atoms with Gasteiger partial charge in [-0.1, -0.05) is 125 Å². The van der Waals surface area contributed by atoms with Gasteiger partial charge in [-0.05, 0) is 66.9 Å². The van der Waals surface area contributed by atoms with Crippen LogP contribution in [0.4, 0.5) is 0 Å². The summed E-state index contributed by atoms with van der Waals surface area (Å²) in [6.45, 7) is 19.0. The number of aromatic nitrogens is 3. The second kappa shape index (κ2) is 20.7. The molecule has 3 aromatic heterocycles. The van der Waals surface area contributed by atoms with Crippen LogP contribution in [0.2, 0.25) is 17.3 Å². The van der Waals surface area contributed by atoms with Crippen LogP contribution in [0.15, 0.2) is 164 Å². The molecule has 1 radical (unpaired) electrons. The molecule has 10 rings (SSSR count). The molecule has 3 nitrogen and oxygen atoms in total. The molecular formula is C64H65GeIrN3S-2. The first kappa shape index (κ1) is 50.9. The van der Waals surface area contributed by atoms with Gasteiger partial charge in [0.05, 0.1) is 16.9 Å². The number of nitrogens with zero attached hydrogens (tertiary/aromatic N) is 3. The van der Waals surface area contributed by atoms with Crippen LogP contribution in [0, 0.1) is 18.1 Å². The van der Waals surface area contributed by atoms with Gasteiger partial charge in [0, 0.05) is 31.4 Å². The Morgan fingerprint density at radius 1 is 0.629 bits per heavy atom. The molecule has 0 atom stereocenters. The number of thiophene rings is 1. The van der Waals surface area contributed by atoms with E-state index in [0.717, 1.165) is 40.1 Å². The molecule has 0 fully saturated rings. The van der Waals surface area contributed by atoms with E-state index in [4.69, 9.17) is 9.97 Å². The van der Waals surface area contributed by atoms with E-state index < -0.39 is 13.3 Å². The van der Waals surface area contributed by atoms with Gasteiger partial charge < -0.3 is 4.57 Å². The summed E-state index contributed by atoms with van der Waals surface area (Å²) >= 11 is -0.0740. The SMILES string of the molecule is CC(C)(C)c1ccc(Cn2c(-c3[c-]ccc4c3sc3cc(C(C)(C)C)ccc34)nc3ccccc32)c(-c2ccccc2)c1.CC(C)Cc1cc(-c2[c-]ccc(-c3ccccc3)c2)nc[c]1[Ge]([CH3])([CH3])[CH3].[Ir]. The van der Waals surface area contributed by atoms with E-state index >= 15 is 0 Å². The Morgan fingerprint density at radius 3 is 1.96 bits per heavy atom. The van der Waals surface area contributed by atoms with Gasteiger partial charge in [-0.15, -0.1) is 18.2 Å². The van der Waals surface area contributed by atoms with Gasteiger partial charge >= 0.3 is 161 Å². The molecule has 3 heterocycles. The van der Waals surface area contributed by atoms with E-state index in [1.165, 1.54) is 69.1 Å². The second-order valence-electron chi connectivity index (χ2n) is 22.1. The molecule has 6 heteroatoms. The molecule has 0 saturated heterocycles. The maximum atomic E-state index is 5.25. The van der Waals surface area contributed by atoms with Gasteiger partial charge in [0.25, 0.3) is 0 Å². The first-order valence-electron chi connectivity index (χ1n) is 24.5.